The lowest BCUT2D eigenvalue weighted by molar-refractivity contribution is -0.128. The molecule has 100 valence electrons. The van der Waals surface area contributed by atoms with Gasteiger partial charge in [0.1, 0.15) is 5.82 Å². The van der Waals surface area contributed by atoms with Crippen molar-refractivity contribution in [2.24, 2.45) is 0 Å². The summed E-state index contributed by atoms with van der Waals surface area (Å²) in [4.78, 5) is 17.7. The van der Waals surface area contributed by atoms with Crippen LogP contribution in [0.5, 0.6) is 0 Å². The maximum absolute atomic E-state index is 11.9. The number of hydrogen-bond donors (Lipinski definition) is 2. The van der Waals surface area contributed by atoms with E-state index in [9.17, 15) is 4.79 Å². The van der Waals surface area contributed by atoms with Crippen LogP contribution in [0, 0.1) is 6.92 Å². The normalized spacial score (nSPS) is 10.2. The van der Waals surface area contributed by atoms with Crippen LogP contribution in [0.2, 0.25) is 0 Å². The van der Waals surface area contributed by atoms with Gasteiger partial charge in [-0.1, -0.05) is 18.2 Å². The van der Waals surface area contributed by atoms with Crippen molar-refractivity contribution < 1.29 is 4.79 Å². The van der Waals surface area contributed by atoms with E-state index in [-0.39, 0.29) is 12.5 Å². The number of para-hydroxylation sites is 1. The molecule has 0 unspecified atom stereocenters. The molecule has 1 aromatic carbocycles. The zero-order chi connectivity index (χ0) is 13.7. The van der Waals surface area contributed by atoms with Crippen molar-refractivity contribution in [2.45, 2.75) is 13.5 Å². The minimum atomic E-state index is -0.00805. The lowest BCUT2D eigenvalue weighted by atomic mass is 10.3. The van der Waals surface area contributed by atoms with Crippen LogP contribution < -0.4 is 5.32 Å². The van der Waals surface area contributed by atoms with Gasteiger partial charge < -0.3 is 10.2 Å². The predicted octanol–water partition coefficient (Wildman–Crippen LogP) is 1.18. The fourth-order valence-electron chi connectivity index (χ4n) is 1.63. The van der Waals surface area contributed by atoms with E-state index in [2.05, 4.69) is 20.5 Å². The summed E-state index contributed by atoms with van der Waals surface area (Å²) in [6.07, 6.45) is 0. The number of likely N-dealkylation sites (N-methyl/N-ethyl adjacent to an activating group) is 1. The molecule has 0 spiro atoms. The highest BCUT2D eigenvalue weighted by Crippen LogP contribution is 2.04. The van der Waals surface area contributed by atoms with Gasteiger partial charge in [-0.3, -0.25) is 9.89 Å². The maximum atomic E-state index is 11.9. The van der Waals surface area contributed by atoms with Gasteiger partial charge in [0, 0.05) is 12.7 Å². The van der Waals surface area contributed by atoms with Crippen molar-refractivity contribution >= 4 is 11.6 Å². The molecule has 1 aromatic heterocycles. The highest BCUT2D eigenvalue weighted by Gasteiger charge is 2.11. The molecule has 2 aromatic rings. The number of carbonyl (C=O) groups is 1. The molecule has 0 radical (unpaired) electrons. The summed E-state index contributed by atoms with van der Waals surface area (Å²) < 4.78 is 0. The number of rotatable bonds is 5. The number of nitrogens with zero attached hydrogens (tertiary/aromatic N) is 3. The Morgan fingerprint density at radius 3 is 2.74 bits per heavy atom. The van der Waals surface area contributed by atoms with Crippen molar-refractivity contribution in [3.05, 3.63) is 42.0 Å². The van der Waals surface area contributed by atoms with Crippen LogP contribution >= 0.6 is 0 Å². The molecule has 0 fully saturated rings. The Morgan fingerprint density at radius 1 is 1.37 bits per heavy atom. The number of carbonyl (C=O) groups excluding carboxylic acids is 1. The van der Waals surface area contributed by atoms with Crippen molar-refractivity contribution in [3.63, 3.8) is 0 Å². The molecular weight excluding hydrogens is 242 g/mol. The van der Waals surface area contributed by atoms with E-state index in [1.165, 1.54) is 0 Å². The maximum Gasteiger partial charge on any atom is 0.242 e. The molecule has 2 rings (SSSR count). The number of anilines is 1. The van der Waals surface area contributed by atoms with Crippen LogP contribution in [0.15, 0.2) is 30.3 Å². The van der Waals surface area contributed by atoms with Crippen LogP contribution in [0.3, 0.4) is 0 Å². The quantitative estimate of drug-likeness (QED) is 0.845. The Balaban J connectivity index is 1.82. The number of aromatic amines is 1. The smallest absolute Gasteiger partial charge is 0.242 e. The monoisotopic (exact) mass is 259 g/mol. The zero-order valence-corrected chi connectivity index (χ0v) is 11.1. The minimum Gasteiger partial charge on any atom is -0.376 e. The van der Waals surface area contributed by atoms with E-state index in [1.54, 1.807) is 11.9 Å². The lowest BCUT2D eigenvalue weighted by Crippen LogP contribution is -2.32. The van der Waals surface area contributed by atoms with E-state index in [4.69, 9.17) is 0 Å². The fourth-order valence-corrected chi connectivity index (χ4v) is 1.63. The summed E-state index contributed by atoms with van der Waals surface area (Å²) in [6.45, 7) is 2.48. The molecule has 6 heteroatoms. The molecular formula is C13H17N5O. The molecule has 0 saturated heterocycles. The van der Waals surface area contributed by atoms with Crippen molar-refractivity contribution in [3.8, 4) is 0 Å². The highest BCUT2D eigenvalue weighted by atomic mass is 16.2. The van der Waals surface area contributed by atoms with Gasteiger partial charge in [0.15, 0.2) is 5.82 Å². The number of H-pyrrole nitrogens is 1. The molecule has 0 aliphatic rings. The van der Waals surface area contributed by atoms with E-state index in [0.717, 1.165) is 11.5 Å². The molecule has 1 amide bonds. The van der Waals surface area contributed by atoms with Crippen molar-refractivity contribution in [2.75, 3.05) is 18.9 Å². The number of aryl methyl sites for hydroxylation is 1. The standard InChI is InChI=1S/C13H17N5O/c1-10-15-12(17-16-10)9-18(2)13(19)8-14-11-6-4-3-5-7-11/h3-7,14H,8-9H2,1-2H3,(H,15,16,17). The highest BCUT2D eigenvalue weighted by molar-refractivity contribution is 5.80. The molecule has 6 nitrogen and oxygen atoms in total. The average molecular weight is 259 g/mol. The zero-order valence-electron chi connectivity index (χ0n) is 11.1. The molecule has 0 atom stereocenters. The van der Waals surface area contributed by atoms with Crippen molar-refractivity contribution in [1.82, 2.24) is 20.1 Å². The van der Waals surface area contributed by atoms with E-state index in [0.29, 0.717) is 12.4 Å². The molecule has 0 aliphatic carbocycles. The summed E-state index contributed by atoms with van der Waals surface area (Å²) in [7, 11) is 1.74. The van der Waals surface area contributed by atoms with Gasteiger partial charge in [-0.15, -0.1) is 0 Å². The first-order chi connectivity index (χ1) is 9.15. The largest absolute Gasteiger partial charge is 0.376 e. The second-order valence-corrected chi connectivity index (χ2v) is 4.31. The van der Waals surface area contributed by atoms with Crippen molar-refractivity contribution in [1.29, 1.82) is 0 Å². The molecule has 0 aliphatic heterocycles. The SMILES string of the molecule is Cc1nc(CN(C)C(=O)CNc2ccccc2)n[nH]1. The number of aromatic nitrogens is 3. The molecule has 0 bridgehead atoms. The van der Waals surface area contributed by atoms with E-state index in [1.807, 2.05) is 37.3 Å². The Morgan fingerprint density at radius 2 is 2.11 bits per heavy atom. The van der Waals surface area contributed by atoms with Crippen LogP contribution in [-0.2, 0) is 11.3 Å². The Labute approximate surface area is 111 Å². The van der Waals surface area contributed by atoms with Crippen LogP contribution in [0.4, 0.5) is 5.69 Å². The van der Waals surface area contributed by atoms with Crippen LogP contribution in [0.25, 0.3) is 0 Å². The molecule has 1 heterocycles. The van der Waals surface area contributed by atoms with Gasteiger partial charge in [-0.05, 0) is 19.1 Å². The summed E-state index contributed by atoms with van der Waals surface area (Å²) in [5.41, 5.74) is 0.929. The first-order valence-corrected chi connectivity index (χ1v) is 6.06. The first kappa shape index (κ1) is 13.1. The summed E-state index contributed by atoms with van der Waals surface area (Å²) in [5.74, 6) is 1.36. The average Bonchev–Trinajstić information content (AvgIpc) is 2.82. The van der Waals surface area contributed by atoms with Gasteiger partial charge in [0.2, 0.25) is 5.91 Å². The Kier molecular flexibility index (Phi) is 4.12. The van der Waals surface area contributed by atoms with E-state index >= 15 is 0 Å². The van der Waals surface area contributed by atoms with Crippen LogP contribution in [0.1, 0.15) is 11.6 Å². The second-order valence-electron chi connectivity index (χ2n) is 4.31. The van der Waals surface area contributed by atoms with Gasteiger partial charge in [0.25, 0.3) is 0 Å². The fraction of sp³-hybridized carbons (Fsp3) is 0.308. The minimum absolute atomic E-state index is 0.00805. The summed E-state index contributed by atoms with van der Waals surface area (Å²) in [6, 6.07) is 9.63. The third-order valence-electron chi connectivity index (χ3n) is 2.67. The number of nitrogens with one attached hydrogen (secondary N) is 2. The first-order valence-electron chi connectivity index (χ1n) is 6.06. The number of hydrogen-bond acceptors (Lipinski definition) is 4. The predicted molar refractivity (Wildman–Crippen MR) is 72.5 cm³/mol. The van der Waals surface area contributed by atoms with Crippen LogP contribution in [-0.4, -0.2) is 39.6 Å². The third kappa shape index (κ3) is 3.80. The second kappa shape index (κ2) is 5.99. The molecule has 19 heavy (non-hydrogen) atoms. The topological polar surface area (TPSA) is 73.9 Å². The third-order valence-corrected chi connectivity index (χ3v) is 2.67. The van der Waals surface area contributed by atoms with Gasteiger partial charge in [-0.25, -0.2) is 4.98 Å². The number of amides is 1. The Bertz CT molecular complexity index is 537. The summed E-state index contributed by atoms with van der Waals surface area (Å²) >= 11 is 0. The van der Waals surface area contributed by atoms with Gasteiger partial charge in [-0.2, -0.15) is 5.10 Å². The van der Waals surface area contributed by atoms with Gasteiger partial charge in [0.05, 0.1) is 13.1 Å². The Hall–Kier alpha value is -2.37. The molecule has 0 saturated carbocycles. The lowest BCUT2D eigenvalue weighted by Gasteiger charge is -2.16. The molecule has 2 N–H and O–H groups in total. The van der Waals surface area contributed by atoms with E-state index < -0.39 is 0 Å². The summed E-state index contributed by atoms with van der Waals surface area (Å²) in [5, 5.41) is 9.84. The number of benzene rings is 1. The van der Waals surface area contributed by atoms with Gasteiger partial charge >= 0.3 is 0 Å².